The zero-order valence-corrected chi connectivity index (χ0v) is 23.1. The highest BCUT2D eigenvalue weighted by atomic mass is 28.4. The molecule has 1 aliphatic rings. The van der Waals surface area contributed by atoms with Gasteiger partial charge in [0.15, 0.2) is 8.32 Å². The van der Waals surface area contributed by atoms with E-state index >= 15 is 0 Å². The lowest BCUT2D eigenvalue weighted by molar-refractivity contribution is -0.137. The van der Waals surface area contributed by atoms with Gasteiger partial charge in [-0.05, 0) is 56.7 Å². The van der Waals surface area contributed by atoms with Crippen molar-refractivity contribution in [2.75, 3.05) is 0 Å². The van der Waals surface area contributed by atoms with Crippen LogP contribution < -0.4 is 0 Å². The van der Waals surface area contributed by atoms with Crippen LogP contribution in [0.15, 0.2) is 11.6 Å². The van der Waals surface area contributed by atoms with Crippen LogP contribution >= 0.6 is 0 Å². The molecule has 4 nitrogen and oxygen atoms in total. The summed E-state index contributed by atoms with van der Waals surface area (Å²) in [6.45, 7) is 16.1. The van der Waals surface area contributed by atoms with Crippen molar-refractivity contribution in [3.05, 3.63) is 11.6 Å². The van der Waals surface area contributed by atoms with Crippen molar-refractivity contribution in [3.63, 3.8) is 0 Å². The summed E-state index contributed by atoms with van der Waals surface area (Å²) in [5.41, 5.74) is 1.27. The van der Waals surface area contributed by atoms with Gasteiger partial charge in [-0.3, -0.25) is 4.79 Å². The largest absolute Gasteiger partial charge is 0.481 e. The fraction of sp³-hybridized carbons (Fsp3) is 0.889. The molecule has 0 aromatic carbocycles. The molecule has 0 spiro atoms. The molecule has 0 saturated carbocycles. The minimum absolute atomic E-state index is 0.141. The van der Waals surface area contributed by atoms with Crippen LogP contribution in [0.5, 0.6) is 0 Å². The Bertz CT molecular complexity index is 593. The number of aliphatic hydroxyl groups excluding tert-OH is 1. The van der Waals surface area contributed by atoms with Crippen LogP contribution in [-0.2, 0) is 9.22 Å². The van der Waals surface area contributed by atoms with Gasteiger partial charge in [-0.25, -0.2) is 0 Å². The summed E-state index contributed by atoms with van der Waals surface area (Å²) in [6.07, 6.45) is 15.0. The number of carbonyl (C=O) groups is 1. The molecule has 0 bridgehead atoms. The first-order valence-corrected chi connectivity index (χ1v) is 16.0. The number of aliphatic carboxylic acids is 1. The Morgan fingerprint density at radius 2 is 1.81 bits per heavy atom. The van der Waals surface area contributed by atoms with Gasteiger partial charge in [-0.15, -0.1) is 0 Å². The fourth-order valence-electron chi connectivity index (χ4n) is 4.59. The predicted octanol–water partition coefficient (Wildman–Crippen LogP) is 7.86. The van der Waals surface area contributed by atoms with Gasteiger partial charge in [0.05, 0.1) is 6.10 Å². The first kappa shape index (κ1) is 29.4. The van der Waals surface area contributed by atoms with Crippen LogP contribution in [-0.4, -0.2) is 36.7 Å². The van der Waals surface area contributed by atoms with Gasteiger partial charge < -0.3 is 14.6 Å². The number of hydrogen-bond donors (Lipinski definition) is 2. The van der Waals surface area contributed by atoms with Crippen LogP contribution in [0.4, 0.5) is 0 Å². The molecule has 1 rings (SSSR count). The molecule has 0 radical (unpaired) electrons. The van der Waals surface area contributed by atoms with Crippen LogP contribution in [0.2, 0.25) is 18.1 Å². The fourth-order valence-corrected chi connectivity index (χ4v) is 6.01. The van der Waals surface area contributed by atoms with E-state index in [4.69, 9.17) is 9.53 Å². The summed E-state index contributed by atoms with van der Waals surface area (Å²) >= 11 is 0. The van der Waals surface area contributed by atoms with E-state index in [0.29, 0.717) is 6.10 Å². The van der Waals surface area contributed by atoms with E-state index in [0.717, 1.165) is 57.8 Å². The van der Waals surface area contributed by atoms with E-state index in [2.05, 4.69) is 53.8 Å². The summed E-state index contributed by atoms with van der Waals surface area (Å²) in [5, 5.41) is 19.8. The normalized spacial score (nSPS) is 22.8. The van der Waals surface area contributed by atoms with Crippen molar-refractivity contribution >= 4 is 14.3 Å². The Morgan fingerprint density at radius 3 is 2.41 bits per heavy atom. The molecule has 0 aliphatic heterocycles. The molecule has 0 amide bonds. The van der Waals surface area contributed by atoms with E-state index in [-0.39, 0.29) is 23.0 Å². The molecule has 0 fully saturated rings. The Morgan fingerprint density at radius 1 is 1.16 bits per heavy atom. The standard InChI is InChI=1S/C27H52O4Si/c1-8-9-12-15-23(31-32(6,7)26(2,3)4)19-17-22-18-20-24(28)27(22,5)21-14-11-10-13-16-25(29)30/h18,23-24,28H,8-17,19-21H2,1-7H3,(H,29,30)/t23?,24-,27+/m0/s1. The third-order valence-corrected chi connectivity index (χ3v) is 12.6. The van der Waals surface area contributed by atoms with Crippen molar-refractivity contribution in [1.29, 1.82) is 0 Å². The van der Waals surface area contributed by atoms with Gasteiger partial charge in [0, 0.05) is 17.9 Å². The lowest BCUT2D eigenvalue weighted by Gasteiger charge is -2.40. The second-order valence-electron chi connectivity index (χ2n) is 11.7. The molecule has 0 aromatic rings. The molecule has 1 unspecified atom stereocenters. The van der Waals surface area contributed by atoms with Gasteiger partial charge in [0.1, 0.15) is 0 Å². The number of hydrogen-bond acceptors (Lipinski definition) is 3. The molecule has 0 aromatic heterocycles. The highest BCUT2D eigenvalue weighted by molar-refractivity contribution is 6.74. The zero-order valence-electron chi connectivity index (χ0n) is 22.1. The zero-order chi connectivity index (χ0) is 24.4. The summed E-state index contributed by atoms with van der Waals surface area (Å²) < 4.78 is 6.85. The molecule has 1 aliphatic carbocycles. The minimum atomic E-state index is -1.81. The average molecular weight is 469 g/mol. The summed E-state index contributed by atoms with van der Waals surface area (Å²) in [7, 11) is -1.81. The summed E-state index contributed by atoms with van der Waals surface area (Å²) in [5.74, 6) is -0.707. The highest BCUT2D eigenvalue weighted by Crippen LogP contribution is 2.46. The van der Waals surface area contributed by atoms with Crippen LogP contribution in [0, 0.1) is 5.41 Å². The van der Waals surface area contributed by atoms with Gasteiger partial charge in [-0.2, -0.15) is 0 Å². The maximum absolute atomic E-state index is 10.8. The van der Waals surface area contributed by atoms with Gasteiger partial charge in [0.25, 0.3) is 0 Å². The molecule has 2 N–H and O–H groups in total. The Labute approximate surface area is 199 Å². The van der Waals surface area contributed by atoms with Crippen molar-refractivity contribution in [3.8, 4) is 0 Å². The van der Waals surface area contributed by atoms with E-state index in [9.17, 15) is 9.90 Å². The third kappa shape index (κ3) is 9.30. The second-order valence-corrected chi connectivity index (χ2v) is 16.5. The third-order valence-electron chi connectivity index (χ3n) is 8.03. The highest BCUT2D eigenvalue weighted by Gasteiger charge is 2.41. The maximum Gasteiger partial charge on any atom is 0.303 e. The number of carboxylic acid groups (broad SMARTS) is 1. The van der Waals surface area contributed by atoms with E-state index in [1.54, 1.807) is 0 Å². The molecular weight excluding hydrogens is 416 g/mol. The number of carboxylic acids is 1. The predicted molar refractivity (Wildman–Crippen MR) is 138 cm³/mol. The van der Waals surface area contributed by atoms with Crippen molar-refractivity contribution in [1.82, 2.24) is 0 Å². The maximum atomic E-state index is 10.8. The Balaban J connectivity index is 2.68. The van der Waals surface area contributed by atoms with Crippen LogP contribution in [0.3, 0.4) is 0 Å². The molecule has 3 atom stereocenters. The van der Waals surface area contributed by atoms with Crippen molar-refractivity contribution < 1.29 is 19.4 Å². The summed E-state index contributed by atoms with van der Waals surface area (Å²) in [6, 6.07) is 0. The first-order chi connectivity index (χ1) is 14.8. The monoisotopic (exact) mass is 468 g/mol. The smallest absolute Gasteiger partial charge is 0.303 e. The minimum Gasteiger partial charge on any atom is -0.481 e. The van der Waals surface area contributed by atoms with Crippen molar-refractivity contribution in [2.24, 2.45) is 5.41 Å². The van der Waals surface area contributed by atoms with E-state index in [1.807, 2.05) is 0 Å². The Hall–Kier alpha value is -0.653. The summed E-state index contributed by atoms with van der Waals surface area (Å²) in [4.78, 5) is 10.7. The van der Waals surface area contributed by atoms with E-state index in [1.165, 1.54) is 24.8 Å². The molecular formula is C27H52O4Si. The second kappa shape index (κ2) is 13.3. The number of unbranched alkanes of at least 4 members (excludes halogenated alkanes) is 5. The molecule has 32 heavy (non-hydrogen) atoms. The lowest BCUT2D eigenvalue weighted by Crippen LogP contribution is -2.44. The van der Waals surface area contributed by atoms with Crippen LogP contribution in [0.25, 0.3) is 0 Å². The Kier molecular flexibility index (Phi) is 12.2. The molecule has 5 heteroatoms. The lowest BCUT2D eigenvalue weighted by atomic mass is 9.75. The van der Waals surface area contributed by atoms with Gasteiger partial charge >= 0.3 is 5.97 Å². The number of rotatable bonds is 16. The van der Waals surface area contributed by atoms with Crippen molar-refractivity contribution in [2.45, 2.75) is 148 Å². The quantitative estimate of drug-likeness (QED) is 0.137. The van der Waals surface area contributed by atoms with Gasteiger partial charge in [-0.1, -0.05) is 84.8 Å². The molecule has 0 saturated heterocycles. The molecule has 0 heterocycles. The molecule has 188 valence electrons. The average Bonchev–Trinajstić information content (AvgIpc) is 2.95. The SMILES string of the molecule is CCCCCC(CCC1=CC[C@H](O)[C@]1(C)CCCCCCC(=O)O)O[Si](C)(C)C(C)(C)C. The first-order valence-electron chi connectivity index (χ1n) is 13.1. The van der Waals surface area contributed by atoms with E-state index < -0.39 is 14.3 Å². The van der Waals surface area contributed by atoms with Gasteiger partial charge in [0.2, 0.25) is 0 Å². The number of aliphatic hydroxyl groups is 1. The topological polar surface area (TPSA) is 66.8 Å². The van der Waals surface area contributed by atoms with Crippen LogP contribution in [0.1, 0.15) is 118 Å².